The van der Waals surface area contributed by atoms with E-state index in [1.807, 2.05) is 27.7 Å². The Morgan fingerprint density at radius 2 is 0.857 bits per heavy atom. The molecule has 0 spiro atoms. The molecule has 0 N–H and O–H groups in total. The third-order valence-electron chi connectivity index (χ3n) is 3.25. The molecule has 0 saturated carbocycles. The van der Waals surface area contributed by atoms with Gasteiger partial charge in [-0.05, 0) is 39.5 Å². The van der Waals surface area contributed by atoms with Crippen molar-refractivity contribution < 1.29 is 9.78 Å². The summed E-state index contributed by atoms with van der Waals surface area (Å²) in [6, 6.07) is 0. The van der Waals surface area contributed by atoms with Gasteiger partial charge < -0.3 is 0 Å². The second-order valence-electron chi connectivity index (χ2n) is 5.68. The standard InChI is InChI=1S/C12H26O2/c1-9(2)11(5,6)13-14-12(7,8)10(3)4/h9-10H,1-8H3. The van der Waals surface area contributed by atoms with E-state index in [9.17, 15) is 0 Å². The Bertz CT molecular complexity index is 149. The summed E-state index contributed by atoms with van der Waals surface area (Å²) >= 11 is 0. The van der Waals surface area contributed by atoms with Crippen molar-refractivity contribution in [2.75, 3.05) is 0 Å². The Kier molecular flexibility index (Phi) is 4.60. The minimum atomic E-state index is -0.230. The minimum Gasteiger partial charge on any atom is -0.230 e. The number of hydrogen-bond acceptors (Lipinski definition) is 2. The zero-order chi connectivity index (χ0) is 11.6. The molecule has 2 heteroatoms. The highest BCUT2D eigenvalue weighted by molar-refractivity contribution is 4.73. The lowest BCUT2D eigenvalue weighted by molar-refractivity contribution is -0.414. The Hall–Kier alpha value is -0.0800. The van der Waals surface area contributed by atoms with Crippen molar-refractivity contribution in [2.24, 2.45) is 11.8 Å². The zero-order valence-corrected chi connectivity index (χ0v) is 11.0. The molecule has 0 bridgehead atoms. The Balaban J connectivity index is 4.18. The van der Waals surface area contributed by atoms with Gasteiger partial charge in [-0.15, -0.1) is 0 Å². The fourth-order valence-electron chi connectivity index (χ4n) is 0.407. The van der Waals surface area contributed by atoms with Gasteiger partial charge in [-0.25, -0.2) is 9.78 Å². The highest BCUT2D eigenvalue weighted by Gasteiger charge is 2.31. The van der Waals surface area contributed by atoms with E-state index in [2.05, 4.69) is 27.7 Å². The summed E-state index contributed by atoms with van der Waals surface area (Å²) < 4.78 is 0. The van der Waals surface area contributed by atoms with E-state index in [4.69, 9.17) is 9.78 Å². The molecule has 0 amide bonds. The van der Waals surface area contributed by atoms with Crippen LogP contribution < -0.4 is 0 Å². The zero-order valence-electron chi connectivity index (χ0n) is 11.0. The van der Waals surface area contributed by atoms with E-state index in [1.165, 1.54) is 0 Å². The van der Waals surface area contributed by atoms with Crippen molar-refractivity contribution in [3.05, 3.63) is 0 Å². The molecule has 0 aliphatic rings. The molecule has 0 saturated heterocycles. The highest BCUT2D eigenvalue weighted by atomic mass is 17.2. The maximum Gasteiger partial charge on any atom is 0.100 e. The lowest BCUT2D eigenvalue weighted by atomic mass is 9.94. The fourth-order valence-corrected chi connectivity index (χ4v) is 0.407. The molecule has 14 heavy (non-hydrogen) atoms. The summed E-state index contributed by atoms with van der Waals surface area (Å²) in [5, 5.41) is 0. The van der Waals surface area contributed by atoms with Crippen molar-refractivity contribution in [3.8, 4) is 0 Å². The fraction of sp³-hybridized carbons (Fsp3) is 1.00. The van der Waals surface area contributed by atoms with Crippen LogP contribution in [0.3, 0.4) is 0 Å². The van der Waals surface area contributed by atoms with E-state index in [0.717, 1.165) is 0 Å². The van der Waals surface area contributed by atoms with Crippen LogP contribution in [0.4, 0.5) is 0 Å². The average Bonchev–Trinajstić information content (AvgIpc) is 2.01. The third-order valence-corrected chi connectivity index (χ3v) is 3.25. The number of hydrogen-bond donors (Lipinski definition) is 0. The molecular formula is C12H26O2. The van der Waals surface area contributed by atoms with Crippen molar-refractivity contribution in [2.45, 2.75) is 66.6 Å². The first-order valence-electron chi connectivity index (χ1n) is 5.46. The minimum absolute atomic E-state index is 0.230. The lowest BCUT2D eigenvalue weighted by Gasteiger charge is -2.35. The molecule has 0 atom stereocenters. The van der Waals surface area contributed by atoms with E-state index in [0.29, 0.717) is 11.8 Å². The molecule has 0 aliphatic heterocycles. The Morgan fingerprint density at radius 3 is 1.00 bits per heavy atom. The highest BCUT2D eigenvalue weighted by Crippen LogP contribution is 2.27. The van der Waals surface area contributed by atoms with Crippen LogP contribution in [0.2, 0.25) is 0 Å². The molecular weight excluding hydrogens is 176 g/mol. The molecule has 0 radical (unpaired) electrons. The van der Waals surface area contributed by atoms with Gasteiger partial charge in [0.25, 0.3) is 0 Å². The first-order valence-corrected chi connectivity index (χ1v) is 5.46. The molecule has 0 heterocycles. The number of rotatable bonds is 5. The maximum atomic E-state index is 5.52. The van der Waals surface area contributed by atoms with Gasteiger partial charge in [0, 0.05) is 0 Å². The van der Waals surface area contributed by atoms with Gasteiger partial charge in [-0.2, -0.15) is 0 Å². The maximum absolute atomic E-state index is 5.52. The molecule has 0 fully saturated rings. The monoisotopic (exact) mass is 202 g/mol. The van der Waals surface area contributed by atoms with Crippen molar-refractivity contribution in [1.29, 1.82) is 0 Å². The van der Waals surface area contributed by atoms with E-state index in [1.54, 1.807) is 0 Å². The largest absolute Gasteiger partial charge is 0.230 e. The smallest absolute Gasteiger partial charge is 0.100 e. The van der Waals surface area contributed by atoms with Crippen LogP contribution in [0.15, 0.2) is 0 Å². The van der Waals surface area contributed by atoms with E-state index >= 15 is 0 Å². The Labute approximate surface area is 88.9 Å². The van der Waals surface area contributed by atoms with Crippen LogP contribution in [0.5, 0.6) is 0 Å². The first-order chi connectivity index (χ1) is 6.09. The van der Waals surface area contributed by atoms with Crippen LogP contribution >= 0.6 is 0 Å². The predicted molar refractivity (Wildman–Crippen MR) is 60.0 cm³/mol. The summed E-state index contributed by atoms with van der Waals surface area (Å²) in [6.07, 6.45) is 0. The van der Waals surface area contributed by atoms with Crippen molar-refractivity contribution in [1.82, 2.24) is 0 Å². The van der Waals surface area contributed by atoms with Gasteiger partial charge in [0.15, 0.2) is 0 Å². The molecule has 2 nitrogen and oxygen atoms in total. The lowest BCUT2D eigenvalue weighted by Crippen LogP contribution is -2.38. The second-order valence-corrected chi connectivity index (χ2v) is 5.68. The van der Waals surface area contributed by atoms with Crippen molar-refractivity contribution in [3.63, 3.8) is 0 Å². The molecule has 0 aromatic rings. The first kappa shape index (κ1) is 13.9. The van der Waals surface area contributed by atoms with Gasteiger partial charge in [0.2, 0.25) is 0 Å². The SMILES string of the molecule is CC(C)C(C)(C)OOC(C)(C)C(C)C. The third kappa shape index (κ3) is 3.97. The molecule has 0 rings (SSSR count). The van der Waals surface area contributed by atoms with E-state index in [-0.39, 0.29) is 11.2 Å². The quantitative estimate of drug-likeness (QED) is 0.498. The van der Waals surface area contributed by atoms with Crippen LogP contribution in [0.1, 0.15) is 55.4 Å². The van der Waals surface area contributed by atoms with Gasteiger partial charge >= 0.3 is 0 Å². The van der Waals surface area contributed by atoms with Crippen LogP contribution in [-0.4, -0.2) is 11.2 Å². The van der Waals surface area contributed by atoms with Crippen LogP contribution in [0.25, 0.3) is 0 Å². The topological polar surface area (TPSA) is 18.5 Å². The van der Waals surface area contributed by atoms with Gasteiger partial charge in [0.1, 0.15) is 11.2 Å². The molecule has 0 aromatic carbocycles. The van der Waals surface area contributed by atoms with Gasteiger partial charge in [-0.3, -0.25) is 0 Å². The average molecular weight is 202 g/mol. The summed E-state index contributed by atoms with van der Waals surface area (Å²) in [7, 11) is 0. The summed E-state index contributed by atoms with van der Waals surface area (Å²) in [5.41, 5.74) is -0.460. The molecule has 86 valence electrons. The van der Waals surface area contributed by atoms with Gasteiger partial charge in [0.05, 0.1) is 0 Å². The molecule has 0 aliphatic carbocycles. The van der Waals surface area contributed by atoms with Crippen molar-refractivity contribution >= 4 is 0 Å². The summed E-state index contributed by atoms with van der Waals surface area (Å²) in [6.45, 7) is 16.7. The van der Waals surface area contributed by atoms with Crippen LogP contribution in [-0.2, 0) is 9.78 Å². The van der Waals surface area contributed by atoms with Crippen LogP contribution in [0, 0.1) is 11.8 Å². The predicted octanol–water partition coefficient (Wildman–Crippen LogP) is 3.80. The molecule has 0 aromatic heterocycles. The second kappa shape index (κ2) is 4.63. The Morgan fingerprint density at radius 1 is 0.643 bits per heavy atom. The summed E-state index contributed by atoms with van der Waals surface area (Å²) in [5.74, 6) is 0.871. The van der Waals surface area contributed by atoms with E-state index < -0.39 is 0 Å². The molecule has 0 unspecified atom stereocenters. The summed E-state index contributed by atoms with van der Waals surface area (Å²) in [4.78, 5) is 11.0. The van der Waals surface area contributed by atoms with Gasteiger partial charge in [-0.1, -0.05) is 27.7 Å². The normalized spacial score (nSPS) is 14.1.